The van der Waals surface area contributed by atoms with Gasteiger partial charge in [0, 0.05) is 33.1 Å². The fourth-order valence-corrected chi connectivity index (χ4v) is 12.0. The summed E-state index contributed by atoms with van der Waals surface area (Å²) in [5.41, 5.74) is 3.43. The van der Waals surface area contributed by atoms with E-state index >= 15 is 0 Å². The maximum absolute atomic E-state index is 14.5. The van der Waals surface area contributed by atoms with E-state index in [1.54, 1.807) is 48.5 Å². The molecule has 0 amide bonds. The van der Waals surface area contributed by atoms with E-state index in [-0.39, 0.29) is 34.4 Å². The summed E-state index contributed by atoms with van der Waals surface area (Å²) in [4.78, 5) is 0.175. The van der Waals surface area contributed by atoms with Gasteiger partial charge in [-0.2, -0.15) is 8.61 Å². The smallest absolute Gasteiger partial charge is 0.243 e. The zero-order valence-electron chi connectivity index (χ0n) is 25.4. The molecule has 1 heterocycles. The zero-order chi connectivity index (χ0) is 32.2. The van der Waals surface area contributed by atoms with Crippen LogP contribution in [-0.4, -0.2) is 53.2 Å². The van der Waals surface area contributed by atoms with Gasteiger partial charge in [-0.1, -0.05) is 98.8 Å². The average molecular weight is 683 g/mol. The van der Waals surface area contributed by atoms with Crippen LogP contribution in [0.5, 0.6) is 0 Å². The first-order valence-electron chi connectivity index (χ1n) is 14.9. The number of hydrogen-bond donors (Lipinski definition) is 0. The van der Waals surface area contributed by atoms with Gasteiger partial charge in [-0.15, -0.1) is 0 Å². The minimum atomic E-state index is -4.18. The number of nitrogens with zero attached hydrogens (tertiary/aromatic N) is 2. The van der Waals surface area contributed by atoms with Gasteiger partial charge in [0.1, 0.15) is 0 Å². The Balaban J connectivity index is 1.66. The lowest BCUT2D eigenvalue weighted by Gasteiger charge is -2.37. The van der Waals surface area contributed by atoms with Crippen molar-refractivity contribution >= 4 is 39.7 Å². The van der Waals surface area contributed by atoms with Crippen LogP contribution in [-0.2, 0) is 65.7 Å². The lowest BCUT2D eigenvalue weighted by atomic mass is 10.1. The predicted octanol–water partition coefficient (Wildman–Crippen LogP) is 5.39. The standard InChI is InChI=1S/C34H38N2O5S4/c1-3-27-15-19-31(20-16-27)44(38,39)35(23-29-11-7-5-8-12-29)33-25-43(37,42)26-34(33)36(24-30-13-9-6-10-14-30)45(40,41)32-21-17-28(4-2)18-22-32/h5-22,33-34H,3-4,23-26H2,1-2H3/t33-,34-/m0/s1. The number of rotatable bonds is 12. The number of aryl methyl sites for hydroxylation is 2. The molecule has 0 aromatic heterocycles. The van der Waals surface area contributed by atoms with Crippen molar-refractivity contribution in [1.82, 2.24) is 8.61 Å². The second-order valence-electron chi connectivity index (χ2n) is 11.3. The number of sulfonamides is 2. The Hall–Kier alpha value is -2.93. The third kappa shape index (κ3) is 7.56. The maximum atomic E-state index is 14.5. The lowest BCUT2D eigenvalue weighted by Crippen LogP contribution is -2.54. The fraction of sp³-hybridized carbons (Fsp3) is 0.294. The molecule has 0 aliphatic carbocycles. The summed E-state index contributed by atoms with van der Waals surface area (Å²) in [6.07, 6.45) is 1.50. The van der Waals surface area contributed by atoms with Gasteiger partial charge in [-0.05, 0) is 70.5 Å². The summed E-state index contributed by atoms with van der Waals surface area (Å²) >= 11 is 5.56. The molecule has 0 N–H and O–H groups in total. The molecule has 2 atom stereocenters. The van der Waals surface area contributed by atoms with Crippen molar-refractivity contribution in [3.05, 3.63) is 131 Å². The summed E-state index contributed by atoms with van der Waals surface area (Å²) < 4.78 is 74.4. The van der Waals surface area contributed by atoms with Gasteiger partial charge in [-0.25, -0.2) is 16.8 Å². The van der Waals surface area contributed by atoms with Gasteiger partial charge >= 0.3 is 0 Å². The van der Waals surface area contributed by atoms with Gasteiger partial charge in [0.25, 0.3) is 0 Å². The van der Waals surface area contributed by atoms with E-state index in [4.69, 9.17) is 11.2 Å². The molecule has 45 heavy (non-hydrogen) atoms. The van der Waals surface area contributed by atoms with Crippen LogP contribution in [0.2, 0.25) is 0 Å². The first-order valence-corrected chi connectivity index (χ1v) is 20.6. The summed E-state index contributed by atoms with van der Waals surface area (Å²) in [5, 5.41) is 0. The quantitative estimate of drug-likeness (QED) is 0.199. The van der Waals surface area contributed by atoms with Crippen LogP contribution < -0.4 is 0 Å². The Morgan fingerprint density at radius 2 is 0.911 bits per heavy atom. The minimum Gasteiger partial charge on any atom is -0.257 e. The molecule has 0 radical (unpaired) electrons. The van der Waals surface area contributed by atoms with Crippen LogP contribution in [0.3, 0.4) is 0 Å². The van der Waals surface area contributed by atoms with E-state index in [2.05, 4.69) is 0 Å². The normalized spacial score (nSPS) is 18.4. The molecule has 1 saturated heterocycles. The molecule has 0 bridgehead atoms. The van der Waals surface area contributed by atoms with Crippen molar-refractivity contribution in [3.63, 3.8) is 0 Å². The van der Waals surface area contributed by atoms with E-state index in [1.165, 1.54) is 8.61 Å². The van der Waals surface area contributed by atoms with Crippen molar-refractivity contribution < 1.29 is 21.0 Å². The molecule has 0 spiro atoms. The monoisotopic (exact) mass is 682 g/mol. The van der Waals surface area contributed by atoms with Gasteiger partial charge < -0.3 is 0 Å². The molecular formula is C34H38N2O5S4. The predicted molar refractivity (Wildman–Crippen MR) is 183 cm³/mol. The molecule has 0 unspecified atom stereocenters. The van der Waals surface area contributed by atoms with Crippen LogP contribution in [0.25, 0.3) is 0 Å². The molecule has 238 valence electrons. The third-order valence-electron chi connectivity index (χ3n) is 8.27. The Kier molecular flexibility index (Phi) is 10.3. The first-order chi connectivity index (χ1) is 21.4. The fourth-order valence-electron chi connectivity index (χ4n) is 5.71. The van der Waals surface area contributed by atoms with E-state index in [9.17, 15) is 21.0 Å². The highest BCUT2D eigenvalue weighted by Gasteiger charge is 2.49. The highest BCUT2D eigenvalue weighted by Crippen LogP contribution is 2.34. The SMILES string of the molecule is CCc1ccc(S(=O)(=O)N(Cc2ccccc2)[C@H]2CS(=O)(=S)C[C@@H]2N(Cc2ccccc2)S(=O)(=O)c2ccc(CC)cc2)cc1. The topological polar surface area (TPSA) is 91.8 Å². The summed E-state index contributed by atoms with van der Waals surface area (Å²) in [6.45, 7) is 3.92. The highest BCUT2D eigenvalue weighted by atomic mass is 32.8. The number of hydrogen-bond acceptors (Lipinski definition) is 6. The van der Waals surface area contributed by atoms with Crippen molar-refractivity contribution in [2.24, 2.45) is 0 Å². The Morgan fingerprint density at radius 3 is 1.22 bits per heavy atom. The molecule has 11 heteroatoms. The van der Waals surface area contributed by atoms with Crippen molar-refractivity contribution in [1.29, 1.82) is 0 Å². The van der Waals surface area contributed by atoms with E-state index < -0.39 is 40.6 Å². The minimum absolute atomic E-state index is 0.0326. The van der Waals surface area contributed by atoms with Gasteiger partial charge in [0.05, 0.1) is 21.9 Å². The molecule has 1 fully saturated rings. The van der Waals surface area contributed by atoms with Crippen molar-refractivity contribution in [3.8, 4) is 0 Å². The molecule has 7 nitrogen and oxygen atoms in total. The van der Waals surface area contributed by atoms with E-state index in [1.807, 2.05) is 74.5 Å². The second-order valence-corrected chi connectivity index (χ2v) is 19.0. The largest absolute Gasteiger partial charge is 0.257 e. The van der Waals surface area contributed by atoms with Crippen LogP contribution in [0.4, 0.5) is 0 Å². The van der Waals surface area contributed by atoms with Gasteiger partial charge in [-0.3, -0.25) is 4.21 Å². The first kappa shape index (κ1) is 33.4. The Labute approximate surface area is 272 Å². The van der Waals surface area contributed by atoms with Gasteiger partial charge in [0.15, 0.2) is 0 Å². The molecule has 5 rings (SSSR count). The third-order valence-corrected chi connectivity index (χ3v) is 14.6. The molecule has 1 aliphatic rings. The summed E-state index contributed by atoms with van der Waals surface area (Å²) in [6, 6.07) is 29.8. The lowest BCUT2D eigenvalue weighted by molar-refractivity contribution is 0.219. The average Bonchev–Trinajstić information content (AvgIpc) is 3.37. The highest BCUT2D eigenvalue weighted by molar-refractivity contribution is 8.33. The Bertz CT molecular complexity index is 1780. The van der Waals surface area contributed by atoms with Crippen LogP contribution >= 0.6 is 0 Å². The molecule has 0 saturated carbocycles. The van der Waals surface area contributed by atoms with E-state index in [0.29, 0.717) is 0 Å². The molecule has 1 aliphatic heterocycles. The van der Waals surface area contributed by atoms with Gasteiger partial charge in [0.2, 0.25) is 20.0 Å². The van der Waals surface area contributed by atoms with Crippen LogP contribution in [0, 0.1) is 0 Å². The zero-order valence-corrected chi connectivity index (χ0v) is 28.6. The van der Waals surface area contributed by atoms with Crippen LogP contribution in [0.15, 0.2) is 119 Å². The maximum Gasteiger partial charge on any atom is 0.243 e. The van der Waals surface area contributed by atoms with Crippen molar-refractivity contribution in [2.45, 2.75) is 61.7 Å². The van der Waals surface area contributed by atoms with Crippen molar-refractivity contribution in [2.75, 3.05) is 11.5 Å². The Morgan fingerprint density at radius 1 is 0.578 bits per heavy atom. The summed E-state index contributed by atoms with van der Waals surface area (Å²) in [5.74, 6) is -0.274. The molecular weight excluding hydrogens is 645 g/mol. The molecule has 4 aromatic carbocycles. The van der Waals surface area contributed by atoms with E-state index in [0.717, 1.165) is 35.1 Å². The number of benzene rings is 4. The molecule has 4 aromatic rings. The van der Waals surface area contributed by atoms with Crippen LogP contribution in [0.1, 0.15) is 36.1 Å². The summed E-state index contributed by atoms with van der Waals surface area (Å²) in [7, 11) is -11.4. The second kappa shape index (κ2) is 13.8.